The lowest BCUT2D eigenvalue weighted by Crippen LogP contribution is -2.08. The Hall–Kier alpha value is -2.82. The molecule has 0 atom stereocenters. The number of anilines is 1. The summed E-state index contributed by atoms with van der Waals surface area (Å²) < 4.78 is 6.87. The first-order chi connectivity index (χ1) is 10.6. The van der Waals surface area contributed by atoms with Crippen molar-refractivity contribution in [3.05, 3.63) is 53.7 Å². The summed E-state index contributed by atoms with van der Waals surface area (Å²) in [4.78, 5) is 12.0. The molecule has 1 heterocycles. The highest BCUT2D eigenvalue weighted by atomic mass is 16.5. The zero-order chi connectivity index (χ0) is 15.7. The average molecular weight is 295 g/mol. The molecule has 0 saturated carbocycles. The average Bonchev–Trinajstić information content (AvgIpc) is 2.86. The van der Waals surface area contributed by atoms with Crippen molar-refractivity contribution >= 4 is 22.6 Å². The first kappa shape index (κ1) is 14.1. The van der Waals surface area contributed by atoms with Crippen molar-refractivity contribution in [3.63, 3.8) is 0 Å². The summed E-state index contributed by atoms with van der Waals surface area (Å²) in [5, 5.41) is 5.34. The Balaban J connectivity index is 2.21. The molecule has 0 fully saturated rings. The van der Waals surface area contributed by atoms with Crippen LogP contribution in [0.25, 0.3) is 16.6 Å². The molecule has 5 nitrogen and oxygen atoms in total. The van der Waals surface area contributed by atoms with Crippen LogP contribution in [-0.4, -0.2) is 22.4 Å². The fourth-order valence-corrected chi connectivity index (χ4v) is 2.57. The maximum Gasteiger partial charge on any atom is 0.340 e. The van der Waals surface area contributed by atoms with Crippen LogP contribution >= 0.6 is 0 Å². The Bertz CT molecular complexity index is 838. The molecule has 22 heavy (non-hydrogen) atoms. The quantitative estimate of drug-likeness (QED) is 0.595. The lowest BCUT2D eigenvalue weighted by atomic mass is 10.1. The molecule has 2 aromatic carbocycles. The maximum absolute atomic E-state index is 12.0. The number of fused-ring (bicyclic) bond motifs is 1. The van der Waals surface area contributed by atoms with Crippen LogP contribution in [0.5, 0.6) is 0 Å². The zero-order valence-corrected chi connectivity index (χ0v) is 12.5. The fourth-order valence-electron chi connectivity index (χ4n) is 2.57. The summed E-state index contributed by atoms with van der Waals surface area (Å²) in [5.41, 5.74) is 9.58. The van der Waals surface area contributed by atoms with Crippen molar-refractivity contribution in [2.45, 2.75) is 13.8 Å². The predicted octanol–water partition coefficient (Wildman–Crippen LogP) is 3.09. The van der Waals surface area contributed by atoms with Gasteiger partial charge in [0.05, 0.1) is 34.8 Å². The number of aromatic nitrogens is 2. The normalized spacial score (nSPS) is 10.8. The molecule has 0 bridgehead atoms. The minimum Gasteiger partial charge on any atom is -0.462 e. The first-order valence-electron chi connectivity index (χ1n) is 7.13. The molecule has 0 unspecified atom stereocenters. The minimum atomic E-state index is -0.409. The third-order valence-corrected chi connectivity index (χ3v) is 3.56. The molecule has 112 valence electrons. The highest BCUT2D eigenvalue weighted by Crippen LogP contribution is 2.30. The number of hydrogen-bond donors (Lipinski definition) is 1. The Labute approximate surface area is 128 Å². The van der Waals surface area contributed by atoms with Crippen LogP contribution in [0.1, 0.15) is 23.0 Å². The standard InChI is InChI=1S/C17H17N3O2/c1-3-22-17(21)13-9-10-14-15(16(13)18)11(2)19-20(14)12-7-5-4-6-8-12/h4-10H,3,18H2,1-2H3. The van der Waals surface area contributed by atoms with Gasteiger partial charge in [0.1, 0.15) is 0 Å². The molecule has 0 spiro atoms. The third-order valence-electron chi connectivity index (χ3n) is 3.56. The lowest BCUT2D eigenvalue weighted by Gasteiger charge is -2.08. The van der Waals surface area contributed by atoms with E-state index >= 15 is 0 Å². The van der Waals surface area contributed by atoms with Gasteiger partial charge in [-0.25, -0.2) is 9.48 Å². The van der Waals surface area contributed by atoms with Crippen LogP contribution in [0, 0.1) is 6.92 Å². The summed E-state index contributed by atoms with van der Waals surface area (Å²) >= 11 is 0. The lowest BCUT2D eigenvalue weighted by molar-refractivity contribution is 0.0528. The molecule has 0 aliphatic carbocycles. The monoisotopic (exact) mass is 295 g/mol. The summed E-state index contributed by atoms with van der Waals surface area (Å²) in [5.74, 6) is -0.409. The number of esters is 1. The van der Waals surface area contributed by atoms with Crippen LogP contribution < -0.4 is 5.73 Å². The fraction of sp³-hybridized carbons (Fsp3) is 0.176. The second-order valence-electron chi connectivity index (χ2n) is 4.97. The van der Waals surface area contributed by atoms with Crippen molar-refractivity contribution in [2.75, 3.05) is 12.3 Å². The summed E-state index contributed by atoms with van der Waals surface area (Å²) in [6.45, 7) is 3.97. The number of aryl methyl sites for hydroxylation is 1. The number of nitrogen functional groups attached to an aromatic ring is 1. The molecule has 5 heteroatoms. The Morgan fingerprint density at radius 2 is 1.95 bits per heavy atom. The molecule has 0 aliphatic rings. The maximum atomic E-state index is 12.0. The van der Waals surface area contributed by atoms with Gasteiger partial charge in [0.25, 0.3) is 0 Å². The molecule has 0 saturated heterocycles. The number of carbonyl (C=O) groups is 1. The topological polar surface area (TPSA) is 70.1 Å². The van der Waals surface area contributed by atoms with E-state index in [1.54, 1.807) is 13.0 Å². The molecule has 0 amide bonds. The molecular weight excluding hydrogens is 278 g/mol. The van der Waals surface area contributed by atoms with E-state index in [1.807, 2.05) is 48.0 Å². The van der Waals surface area contributed by atoms with E-state index in [2.05, 4.69) is 5.10 Å². The SMILES string of the molecule is CCOC(=O)c1ccc2c(c(C)nn2-c2ccccc2)c1N. The minimum absolute atomic E-state index is 0.318. The van der Waals surface area contributed by atoms with E-state index in [0.717, 1.165) is 22.3 Å². The van der Waals surface area contributed by atoms with E-state index in [-0.39, 0.29) is 0 Å². The highest BCUT2D eigenvalue weighted by Gasteiger charge is 2.18. The van der Waals surface area contributed by atoms with Crippen molar-refractivity contribution in [1.29, 1.82) is 0 Å². The smallest absolute Gasteiger partial charge is 0.340 e. The molecule has 3 rings (SSSR count). The van der Waals surface area contributed by atoms with Crippen LogP contribution in [0.4, 0.5) is 5.69 Å². The molecular formula is C17H17N3O2. The van der Waals surface area contributed by atoms with E-state index < -0.39 is 5.97 Å². The van der Waals surface area contributed by atoms with Gasteiger partial charge in [-0.05, 0) is 38.1 Å². The zero-order valence-electron chi connectivity index (χ0n) is 12.5. The van der Waals surface area contributed by atoms with Gasteiger partial charge in [0.2, 0.25) is 0 Å². The van der Waals surface area contributed by atoms with Gasteiger partial charge < -0.3 is 10.5 Å². The molecule has 0 aliphatic heterocycles. The Morgan fingerprint density at radius 1 is 1.23 bits per heavy atom. The van der Waals surface area contributed by atoms with Gasteiger partial charge in [-0.2, -0.15) is 5.10 Å². The number of nitrogens with zero attached hydrogens (tertiary/aromatic N) is 2. The Kier molecular flexibility index (Phi) is 3.55. The number of benzene rings is 2. The van der Waals surface area contributed by atoms with Crippen molar-refractivity contribution in [3.8, 4) is 5.69 Å². The Morgan fingerprint density at radius 3 is 2.64 bits per heavy atom. The van der Waals surface area contributed by atoms with E-state index in [4.69, 9.17) is 10.5 Å². The van der Waals surface area contributed by atoms with Gasteiger partial charge in [-0.1, -0.05) is 18.2 Å². The first-order valence-corrected chi connectivity index (χ1v) is 7.13. The van der Waals surface area contributed by atoms with Crippen LogP contribution in [-0.2, 0) is 4.74 Å². The number of hydrogen-bond acceptors (Lipinski definition) is 4. The molecule has 2 N–H and O–H groups in total. The second kappa shape index (κ2) is 5.52. The number of para-hydroxylation sites is 1. The van der Waals surface area contributed by atoms with Crippen LogP contribution in [0.15, 0.2) is 42.5 Å². The van der Waals surface area contributed by atoms with E-state index in [0.29, 0.717) is 17.9 Å². The number of carbonyl (C=O) groups excluding carboxylic acids is 1. The molecule has 0 radical (unpaired) electrons. The van der Waals surface area contributed by atoms with Crippen LogP contribution in [0.2, 0.25) is 0 Å². The highest BCUT2D eigenvalue weighted by molar-refractivity contribution is 6.06. The van der Waals surface area contributed by atoms with Gasteiger partial charge in [-0.3, -0.25) is 0 Å². The van der Waals surface area contributed by atoms with Gasteiger partial charge in [0.15, 0.2) is 0 Å². The van der Waals surface area contributed by atoms with Crippen molar-refractivity contribution < 1.29 is 9.53 Å². The van der Waals surface area contributed by atoms with Gasteiger partial charge >= 0.3 is 5.97 Å². The summed E-state index contributed by atoms with van der Waals surface area (Å²) in [6, 6.07) is 13.3. The predicted molar refractivity (Wildman–Crippen MR) is 86.2 cm³/mol. The summed E-state index contributed by atoms with van der Waals surface area (Å²) in [7, 11) is 0. The van der Waals surface area contributed by atoms with Gasteiger partial charge in [-0.15, -0.1) is 0 Å². The molecule has 3 aromatic rings. The third kappa shape index (κ3) is 2.20. The van der Waals surface area contributed by atoms with Gasteiger partial charge in [0, 0.05) is 5.39 Å². The number of ether oxygens (including phenoxy) is 1. The van der Waals surface area contributed by atoms with Crippen molar-refractivity contribution in [1.82, 2.24) is 9.78 Å². The number of nitrogens with two attached hydrogens (primary N) is 1. The largest absolute Gasteiger partial charge is 0.462 e. The van der Waals surface area contributed by atoms with E-state index in [9.17, 15) is 4.79 Å². The second-order valence-corrected chi connectivity index (χ2v) is 4.97. The molecule has 1 aromatic heterocycles. The van der Waals surface area contributed by atoms with E-state index in [1.165, 1.54) is 0 Å². The van der Waals surface area contributed by atoms with Crippen molar-refractivity contribution in [2.24, 2.45) is 0 Å². The van der Waals surface area contributed by atoms with Crippen LogP contribution in [0.3, 0.4) is 0 Å². The number of rotatable bonds is 3. The summed E-state index contributed by atoms with van der Waals surface area (Å²) in [6.07, 6.45) is 0.